The van der Waals surface area contributed by atoms with E-state index in [1.165, 1.54) is 0 Å². The zero-order chi connectivity index (χ0) is 13.6. The minimum absolute atomic E-state index is 0.310. The summed E-state index contributed by atoms with van der Waals surface area (Å²) in [7, 11) is 0. The van der Waals surface area contributed by atoms with Crippen LogP contribution in [0.4, 0.5) is 5.95 Å². The molecular weight excluding hydrogens is 351 g/mol. The Morgan fingerprint density at radius 2 is 2.05 bits per heavy atom. The highest BCUT2D eigenvalue weighted by Gasteiger charge is 2.15. The van der Waals surface area contributed by atoms with Crippen molar-refractivity contribution < 1.29 is 0 Å². The summed E-state index contributed by atoms with van der Waals surface area (Å²) < 4.78 is 2.51. The average molecular weight is 358 g/mol. The van der Waals surface area contributed by atoms with Crippen LogP contribution in [0.25, 0.3) is 16.9 Å². The third-order valence-corrected chi connectivity index (χ3v) is 3.90. The van der Waals surface area contributed by atoms with Crippen molar-refractivity contribution in [3.05, 3.63) is 45.0 Å². The normalized spacial score (nSPS) is 11.1. The summed E-state index contributed by atoms with van der Waals surface area (Å²) in [5.74, 6) is 0.310. The lowest BCUT2D eigenvalue weighted by atomic mass is 10.3. The molecule has 0 aliphatic heterocycles. The van der Waals surface area contributed by atoms with Crippen molar-refractivity contribution in [1.82, 2.24) is 14.5 Å². The van der Waals surface area contributed by atoms with E-state index in [2.05, 4.69) is 25.9 Å². The lowest BCUT2D eigenvalue weighted by Crippen LogP contribution is -2.02. The molecule has 2 N–H and O–H groups in total. The van der Waals surface area contributed by atoms with Gasteiger partial charge in [-0.1, -0.05) is 29.3 Å². The molecule has 4 nitrogen and oxygen atoms in total. The first-order chi connectivity index (χ1) is 9.08. The van der Waals surface area contributed by atoms with Crippen LogP contribution in [0.3, 0.4) is 0 Å². The van der Waals surface area contributed by atoms with E-state index in [9.17, 15) is 0 Å². The Kier molecular flexibility index (Phi) is 3.12. The molecule has 2 heterocycles. The van der Waals surface area contributed by atoms with Gasteiger partial charge in [0.15, 0.2) is 5.65 Å². The second kappa shape index (κ2) is 4.67. The molecule has 0 spiro atoms. The summed E-state index contributed by atoms with van der Waals surface area (Å²) in [6, 6.07) is 7.17. The summed E-state index contributed by atoms with van der Waals surface area (Å²) >= 11 is 15.6. The maximum Gasteiger partial charge on any atom is 0.207 e. The van der Waals surface area contributed by atoms with Crippen LogP contribution in [0.2, 0.25) is 10.0 Å². The number of anilines is 1. The standard InChI is InChI=1S/C12H7BrCl2N4/c13-6-4-8-11(17-5-6)19(12(16)18-8)9-3-1-2-7(14)10(9)15/h1-5H,(H2,16,18). The van der Waals surface area contributed by atoms with Crippen molar-refractivity contribution >= 4 is 56.2 Å². The number of halogens is 3. The van der Waals surface area contributed by atoms with Gasteiger partial charge >= 0.3 is 0 Å². The van der Waals surface area contributed by atoms with Gasteiger partial charge in [0, 0.05) is 10.7 Å². The molecule has 7 heteroatoms. The van der Waals surface area contributed by atoms with Gasteiger partial charge in [-0.05, 0) is 34.1 Å². The van der Waals surface area contributed by atoms with Crippen LogP contribution in [-0.4, -0.2) is 14.5 Å². The Morgan fingerprint density at radius 1 is 1.26 bits per heavy atom. The zero-order valence-corrected chi connectivity index (χ0v) is 12.5. The minimum atomic E-state index is 0.310. The lowest BCUT2D eigenvalue weighted by Gasteiger charge is -2.08. The smallest absolute Gasteiger partial charge is 0.207 e. The van der Waals surface area contributed by atoms with E-state index in [0.29, 0.717) is 32.8 Å². The highest BCUT2D eigenvalue weighted by atomic mass is 79.9. The Morgan fingerprint density at radius 3 is 2.84 bits per heavy atom. The summed E-state index contributed by atoms with van der Waals surface area (Å²) in [5.41, 5.74) is 7.92. The van der Waals surface area contributed by atoms with Crippen molar-refractivity contribution in [2.45, 2.75) is 0 Å². The number of pyridine rings is 1. The molecule has 3 aromatic rings. The van der Waals surface area contributed by atoms with Crippen LogP contribution in [0.5, 0.6) is 0 Å². The maximum atomic E-state index is 6.22. The predicted octanol–water partition coefficient (Wildman–Crippen LogP) is 4.07. The van der Waals surface area contributed by atoms with Gasteiger partial charge in [0.1, 0.15) is 5.52 Å². The fraction of sp³-hybridized carbons (Fsp3) is 0. The highest BCUT2D eigenvalue weighted by molar-refractivity contribution is 9.10. The molecule has 0 saturated carbocycles. The number of hydrogen-bond acceptors (Lipinski definition) is 3. The monoisotopic (exact) mass is 356 g/mol. The molecule has 19 heavy (non-hydrogen) atoms. The van der Waals surface area contributed by atoms with E-state index < -0.39 is 0 Å². The van der Waals surface area contributed by atoms with Crippen molar-refractivity contribution in [2.75, 3.05) is 5.73 Å². The van der Waals surface area contributed by atoms with Gasteiger partial charge in [-0.2, -0.15) is 0 Å². The van der Waals surface area contributed by atoms with E-state index in [4.69, 9.17) is 28.9 Å². The van der Waals surface area contributed by atoms with Gasteiger partial charge in [-0.3, -0.25) is 4.57 Å². The first-order valence-electron chi connectivity index (χ1n) is 5.32. The Balaban J connectivity index is 2.36. The lowest BCUT2D eigenvalue weighted by molar-refractivity contribution is 1.08. The van der Waals surface area contributed by atoms with Crippen LogP contribution in [-0.2, 0) is 0 Å². The number of imidazole rings is 1. The van der Waals surface area contributed by atoms with E-state index in [-0.39, 0.29) is 0 Å². The molecule has 2 aromatic heterocycles. The van der Waals surface area contributed by atoms with Crippen molar-refractivity contribution in [2.24, 2.45) is 0 Å². The second-order valence-corrected chi connectivity index (χ2v) is 5.58. The van der Waals surface area contributed by atoms with Crippen molar-refractivity contribution in [1.29, 1.82) is 0 Å². The van der Waals surface area contributed by atoms with E-state index in [0.717, 1.165) is 4.47 Å². The molecule has 96 valence electrons. The van der Waals surface area contributed by atoms with Gasteiger partial charge in [0.05, 0.1) is 15.7 Å². The van der Waals surface area contributed by atoms with E-state index >= 15 is 0 Å². The summed E-state index contributed by atoms with van der Waals surface area (Å²) in [6.07, 6.45) is 1.68. The van der Waals surface area contributed by atoms with E-state index in [1.807, 2.05) is 12.1 Å². The Bertz CT molecular complexity index is 785. The number of nitrogens with zero attached hydrogens (tertiary/aromatic N) is 3. The first kappa shape index (κ1) is 12.7. The SMILES string of the molecule is Nc1nc2cc(Br)cnc2n1-c1cccc(Cl)c1Cl. The molecular formula is C12H7BrCl2N4. The number of benzene rings is 1. The van der Waals surface area contributed by atoms with Gasteiger partial charge in [-0.15, -0.1) is 0 Å². The van der Waals surface area contributed by atoms with Crippen molar-refractivity contribution in [3.63, 3.8) is 0 Å². The highest BCUT2D eigenvalue weighted by Crippen LogP contribution is 2.32. The van der Waals surface area contributed by atoms with Gasteiger partial charge in [0.25, 0.3) is 0 Å². The number of rotatable bonds is 1. The quantitative estimate of drug-likeness (QED) is 0.714. The fourth-order valence-electron chi connectivity index (χ4n) is 1.86. The molecule has 1 aromatic carbocycles. The predicted molar refractivity (Wildman–Crippen MR) is 81.0 cm³/mol. The van der Waals surface area contributed by atoms with Crippen LogP contribution in [0, 0.1) is 0 Å². The third kappa shape index (κ3) is 2.08. The largest absolute Gasteiger partial charge is 0.369 e. The molecule has 0 fully saturated rings. The summed E-state index contributed by atoms with van der Waals surface area (Å²) in [5, 5.41) is 0.873. The van der Waals surface area contributed by atoms with Gasteiger partial charge in [-0.25, -0.2) is 9.97 Å². The number of fused-ring (bicyclic) bond motifs is 1. The fourth-order valence-corrected chi connectivity index (χ4v) is 2.56. The van der Waals surface area contributed by atoms with E-state index in [1.54, 1.807) is 22.9 Å². The number of hydrogen-bond donors (Lipinski definition) is 1. The van der Waals surface area contributed by atoms with Crippen LogP contribution in [0.1, 0.15) is 0 Å². The summed E-state index contributed by atoms with van der Waals surface area (Å²) in [4.78, 5) is 8.59. The molecule has 0 unspecified atom stereocenters. The molecule has 0 amide bonds. The topological polar surface area (TPSA) is 56.7 Å². The first-order valence-corrected chi connectivity index (χ1v) is 6.86. The molecule has 0 saturated heterocycles. The van der Waals surface area contributed by atoms with Gasteiger partial charge in [0.2, 0.25) is 5.95 Å². The number of aromatic nitrogens is 3. The van der Waals surface area contributed by atoms with Crippen LogP contribution >= 0.6 is 39.1 Å². The minimum Gasteiger partial charge on any atom is -0.369 e. The number of nitrogen functional groups attached to an aromatic ring is 1. The van der Waals surface area contributed by atoms with Gasteiger partial charge < -0.3 is 5.73 Å². The third-order valence-electron chi connectivity index (χ3n) is 2.66. The van der Waals surface area contributed by atoms with Crippen LogP contribution < -0.4 is 5.73 Å². The summed E-state index contributed by atoms with van der Waals surface area (Å²) in [6.45, 7) is 0. The van der Waals surface area contributed by atoms with Crippen LogP contribution in [0.15, 0.2) is 34.9 Å². The Labute approximate surface area is 127 Å². The maximum absolute atomic E-state index is 6.22. The molecule has 0 aliphatic rings. The number of nitrogens with two attached hydrogens (primary N) is 1. The molecule has 0 aliphatic carbocycles. The molecule has 0 atom stereocenters. The van der Waals surface area contributed by atoms with Crippen molar-refractivity contribution in [3.8, 4) is 5.69 Å². The molecule has 0 bridgehead atoms. The average Bonchev–Trinajstić information content (AvgIpc) is 2.68. The Hall–Kier alpha value is -1.30. The second-order valence-electron chi connectivity index (χ2n) is 3.87. The molecule has 0 radical (unpaired) electrons. The zero-order valence-electron chi connectivity index (χ0n) is 9.44. The molecule has 3 rings (SSSR count).